The van der Waals surface area contributed by atoms with Crippen LogP contribution in [0.1, 0.15) is 24.1 Å². The van der Waals surface area contributed by atoms with E-state index >= 15 is 0 Å². The van der Waals surface area contributed by atoms with Crippen molar-refractivity contribution in [2.24, 2.45) is 0 Å². The van der Waals surface area contributed by atoms with Gasteiger partial charge in [0.15, 0.2) is 11.5 Å². The van der Waals surface area contributed by atoms with E-state index in [-0.39, 0.29) is 11.9 Å². The van der Waals surface area contributed by atoms with Gasteiger partial charge in [-0.25, -0.2) is 0 Å². The third kappa shape index (κ3) is 5.59. The van der Waals surface area contributed by atoms with Gasteiger partial charge in [-0.15, -0.1) is 11.8 Å². The van der Waals surface area contributed by atoms with Crippen molar-refractivity contribution in [1.82, 2.24) is 5.32 Å². The molecule has 0 aliphatic heterocycles. The summed E-state index contributed by atoms with van der Waals surface area (Å²) in [6.45, 7) is 1.95. The lowest BCUT2D eigenvalue weighted by Crippen LogP contribution is -2.28. The van der Waals surface area contributed by atoms with Gasteiger partial charge in [0.25, 0.3) is 0 Å². The molecule has 1 N–H and O–H groups in total. The summed E-state index contributed by atoms with van der Waals surface area (Å²) in [6.07, 6.45) is 0. The zero-order valence-electron chi connectivity index (χ0n) is 15.6. The molecule has 0 saturated heterocycles. The van der Waals surface area contributed by atoms with Crippen LogP contribution in [0.15, 0.2) is 42.5 Å². The lowest BCUT2D eigenvalue weighted by atomic mass is 10.1. The van der Waals surface area contributed by atoms with Crippen molar-refractivity contribution in [3.8, 4) is 17.2 Å². The highest BCUT2D eigenvalue weighted by Gasteiger charge is 2.12. The largest absolute Gasteiger partial charge is 0.497 e. The van der Waals surface area contributed by atoms with Gasteiger partial charge in [-0.05, 0) is 42.3 Å². The van der Waals surface area contributed by atoms with Crippen LogP contribution in [0.2, 0.25) is 0 Å². The Balaban J connectivity index is 1.82. The molecule has 26 heavy (non-hydrogen) atoms. The Hall–Kier alpha value is -2.34. The first kappa shape index (κ1) is 20.0. The summed E-state index contributed by atoms with van der Waals surface area (Å²) in [5, 5.41) is 3.01. The first-order chi connectivity index (χ1) is 12.6. The summed E-state index contributed by atoms with van der Waals surface area (Å²) < 4.78 is 15.7. The predicted octanol–water partition coefficient (Wildman–Crippen LogP) is 3.82. The van der Waals surface area contributed by atoms with Crippen LogP contribution in [0, 0.1) is 0 Å². The van der Waals surface area contributed by atoms with Gasteiger partial charge >= 0.3 is 0 Å². The van der Waals surface area contributed by atoms with E-state index in [1.807, 2.05) is 49.4 Å². The van der Waals surface area contributed by atoms with Crippen molar-refractivity contribution in [2.45, 2.75) is 18.7 Å². The summed E-state index contributed by atoms with van der Waals surface area (Å²) in [4.78, 5) is 12.2. The number of hydrogen-bond acceptors (Lipinski definition) is 5. The molecule has 2 aromatic carbocycles. The number of carbonyl (C=O) groups excluding carboxylic acids is 1. The lowest BCUT2D eigenvalue weighted by Gasteiger charge is -2.16. The van der Waals surface area contributed by atoms with Crippen LogP contribution < -0.4 is 19.5 Å². The Kier molecular flexibility index (Phi) is 7.66. The topological polar surface area (TPSA) is 56.8 Å². The molecule has 1 amide bonds. The van der Waals surface area contributed by atoms with Gasteiger partial charge in [0.2, 0.25) is 5.91 Å². The van der Waals surface area contributed by atoms with Crippen molar-refractivity contribution >= 4 is 17.7 Å². The number of nitrogens with one attached hydrogen (secondary N) is 1. The second-order valence-electron chi connectivity index (χ2n) is 5.74. The fraction of sp³-hybridized carbons (Fsp3) is 0.350. The molecule has 2 rings (SSSR count). The molecule has 0 heterocycles. The minimum absolute atomic E-state index is 0.00537. The molecular weight excluding hydrogens is 350 g/mol. The van der Waals surface area contributed by atoms with E-state index in [0.29, 0.717) is 17.3 Å². The van der Waals surface area contributed by atoms with Crippen LogP contribution in [0.4, 0.5) is 0 Å². The Labute approximate surface area is 159 Å². The smallest absolute Gasteiger partial charge is 0.230 e. The average molecular weight is 375 g/mol. The lowest BCUT2D eigenvalue weighted by molar-refractivity contribution is -0.119. The molecule has 5 nitrogen and oxygen atoms in total. The van der Waals surface area contributed by atoms with E-state index in [0.717, 1.165) is 22.6 Å². The van der Waals surface area contributed by atoms with Crippen LogP contribution in [0.3, 0.4) is 0 Å². The average Bonchev–Trinajstić information content (AvgIpc) is 2.67. The monoisotopic (exact) mass is 375 g/mol. The van der Waals surface area contributed by atoms with Crippen molar-refractivity contribution < 1.29 is 19.0 Å². The molecule has 0 saturated carbocycles. The first-order valence-electron chi connectivity index (χ1n) is 8.29. The highest BCUT2D eigenvalue weighted by molar-refractivity contribution is 7.99. The second-order valence-corrected chi connectivity index (χ2v) is 6.73. The molecule has 1 unspecified atom stereocenters. The molecule has 0 aliphatic rings. The highest BCUT2D eigenvalue weighted by atomic mass is 32.2. The zero-order valence-corrected chi connectivity index (χ0v) is 16.4. The maximum atomic E-state index is 12.2. The summed E-state index contributed by atoms with van der Waals surface area (Å²) >= 11 is 1.58. The first-order valence-corrected chi connectivity index (χ1v) is 9.44. The summed E-state index contributed by atoms with van der Waals surface area (Å²) in [7, 11) is 4.84. The standard InChI is InChI=1S/C20H25NO4S/c1-14(16-7-10-18(24-3)19(11-16)25-4)21-20(22)13-26-12-15-5-8-17(23-2)9-6-15/h5-11,14H,12-13H2,1-4H3,(H,21,22). The Morgan fingerprint density at radius 3 is 2.31 bits per heavy atom. The van der Waals surface area contributed by atoms with E-state index in [9.17, 15) is 4.79 Å². The quantitative estimate of drug-likeness (QED) is 0.722. The molecule has 2 aromatic rings. The predicted molar refractivity (Wildman–Crippen MR) is 105 cm³/mol. The van der Waals surface area contributed by atoms with Crippen molar-refractivity contribution in [3.05, 3.63) is 53.6 Å². The zero-order chi connectivity index (χ0) is 18.9. The molecule has 0 radical (unpaired) electrons. The van der Waals surface area contributed by atoms with Gasteiger partial charge < -0.3 is 19.5 Å². The number of carbonyl (C=O) groups is 1. The number of methoxy groups -OCH3 is 3. The highest BCUT2D eigenvalue weighted by Crippen LogP contribution is 2.29. The Bertz CT molecular complexity index is 718. The summed E-state index contributed by atoms with van der Waals surface area (Å²) in [5.74, 6) is 3.35. The van der Waals surface area contributed by atoms with Crippen molar-refractivity contribution in [3.63, 3.8) is 0 Å². The third-order valence-electron chi connectivity index (χ3n) is 3.95. The Morgan fingerprint density at radius 1 is 1.00 bits per heavy atom. The number of rotatable bonds is 9. The van der Waals surface area contributed by atoms with E-state index in [4.69, 9.17) is 14.2 Å². The number of benzene rings is 2. The number of thioether (sulfide) groups is 1. The number of amides is 1. The van der Waals surface area contributed by atoms with Crippen LogP contribution in [0.25, 0.3) is 0 Å². The van der Waals surface area contributed by atoms with Gasteiger partial charge in [-0.3, -0.25) is 4.79 Å². The van der Waals surface area contributed by atoms with Gasteiger partial charge in [-0.1, -0.05) is 18.2 Å². The van der Waals surface area contributed by atoms with E-state index in [1.165, 1.54) is 0 Å². The fourth-order valence-electron chi connectivity index (χ4n) is 2.47. The summed E-state index contributed by atoms with van der Waals surface area (Å²) in [5.41, 5.74) is 2.13. The fourth-order valence-corrected chi connectivity index (χ4v) is 3.27. The molecular formula is C20H25NO4S. The molecule has 0 spiro atoms. The summed E-state index contributed by atoms with van der Waals surface area (Å²) in [6, 6.07) is 13.4. The van der Waals surface area contributed by atoms with Gasteiger partial charge in [-0.2, -0.15) is 0 Å². The minimum Gasteiger partial charge on any atom is -0.497 e. The van der Waals surface area contributed by atoms with Crippen LogP contribution >= 0.6 is 11.8 Å². The van der Waals surface area contributed by atoms with Crippen LogP contribution in [-0.4, -0.2) is 33.0 Å². The SMILES string of the molecule is COc1ccc(CSCC(=O)NC(C)c2ccc(OC)c(OC)c2)cc1. The molecule has 0 fully saturated rings. The minimum atomic E-state index is -0.108. The van der Waals surface area contributed by atoms with E-state index < -0.39 is 0 Å². The maximum absolute atomic E-state index is 12.2. The third-order valence-corrected chi connectivity index (χ3v) is 4.95. The normalized spacial score (nSPS) is 11.5. The molecule has 140 valence electrons. The molecule has 0 aliphatic carbocycles. The van der Waals surface area contributed by atoms with Crippen molar-refractivity contribution in [1.29, 1.82) is 0 Å². The second kappa shape index (κ2) is 9.97. The molecule has 0 aromatic heterocycles. The van der Waals surface area contributed by atoms with Gasteiger partial charge in [0.1, 0.15) is 5.75 Å². The number of ether oxygens (including phenoxy) is 3. The molecule has 6 heteroatoms. The van der Waals surface area contributed by atoms with Gasteiger partial charge in [0, 0.05) is 5.75 Å². The van der Waals surface area contributed by atoms with Gasteiger partial charge in [0.05, 0.1) is 33.1 Å². The molecule has 0 bridgehead atoms. The maximum Gasteiger partial charge on any atom is 0.230 e. The van der Waals surface area contributed by atoms with Crippen LogP contribution in [0.5, 0.6) is 17.2 Å². The van der Waals surface area contributed by atoms with E-state index in [1.54, 1.807) is 33.1 Å². The van der Waals surface area contributed by atoms with Crippen LogP contribution in [-0.2, 0) is 10.5 Å². The molecule has 1 atom stereocenters. The Morgan fingerprint density at radius 2 is 1.69 bits per heavy atom. The van der Waals surface area contributed by atoms with Crippen molar-refractivity contribution in [2.75, 3.05) is 27.1 Å². The number of hydrogen-bond donors (Lipinski definition) is 1. The van der Waals surface area contributed by atoms with E-state index in [2.05, 4.69) is 5.32 Å².